The van der Waals surface area contributed by atoms with Crippen molar-refractivity contribution in [2.45, 2.75) is 53.5 Å². The molecule has 0 bridgehead atoms. The number of hydrogen-bond acceptors (Lipinski definition) is 2. The van der Waals surface area contributed by atoms with E-state index in [1.165, 1.54) is 12.8 Å². The number of nitrogens with one attached hydrogen (secondary N) is 2. The van der Waals surface area contributed by atoms with Gasteiger partial charge in [-0.15, -0.1) is 0 Å². The maximum Gasteiger partial charge on any atom is 0.251 e. The third kappa shape index (κ3) is 3.78. The number of benzene rings is 1. The molecule has 0 aliphatic heterocycles. The smallest absolute Gasteiger partial charge is 0.251 e. The molecule has 0 saturated heterocycles. The Morgan fingerprint density at radius 3 is 2.57 bits per heavy atom. The quantitative estimate of drug-likeness (QED) is 0.880. The number of carbonyl (C=O) groups excluding carboxylic acids is 1. The van der Waals surface area contributed by atoms with Crippen LogP contribution in [0.5, 0.6) is 0 Å². The number of hydrogen-bond donors (Lipinski definition) is 2. The van der Waals surface area contributed by atoms with Crippen molar-refractivity contribution in [3.05, 3.63) is 29.3 Å². The van der Waals surface area contributed by atoms with E-state index < -0.39 is 0 Å². The maximum absolute atomic E-state index is 11.9. The first kappa shape index (κ1) is 15.9. The van der Waals surface area contributed by atoms with Crippen molar-refractivity contribution in [1.82, 2.24) is 5.32 Å². The summed E-state index contributed by atoms with van der Waals surface area (Å²) < 4.78 is 0. The summed E-state index contributed by atoms with van der Waals surface area (Å²) in [5, 5.41) is 6.52. The van der Waals surface area contributed by atoms with Crippen LogP contribution in [-0.2, 0) is 0 Å². The monoisotopic (exact) mass is 288 g/mol. The molecule has 3 heteroatoms. The Morgan fingerprint density at radius 1 is 1.33 bits per heavy atom. The van der Waals surface area contributed by atoms with Crippen LogP contribution in [0.15, 0.2) is 18.2 Å². The zero-order chi connectivity index (χ0) is 15.6. The number of carbonyl (C=O) groups is 1. The minimum Gasteiger partial charge on any atom is -0.382 e. The molecule has 2 unspecified atom stereocenters. The molecular weight excluding hydrogens is 260 g/mol. The van der Waals surface area contributed by atoms with Gasteiger partial charge in [-0.3, -0.25) is 4.79 Å². The Hall–Kier alpha value is -1.51. The maximum atomic E-state index is 11.9. The third-order valence-electron chi connectivity index (χ3n) is 4.50. The van der Waals surface area contributed by atoms with E-state index in [4.69, 9.17) is 0 Å². The Labute approximate surface area is 128 Å². The fourth-order valence-electron chi connectivity index (χ4n) is 3.52. The second-order valence-electron chi connectivity index (χ2n) is 7.19. The van der Waals surface area contributed by atoms with Gasteiger partial charge in [0.25, 0.3) is 5.91 Å². The molecule has 1 aromatic rings. The van der Waals surface area contributed by atoms with Gasteiger partial charge in [-0.05, 0) is 61.8 Å². The molecule has 1 aliphatic carbocycles. The molecule has 1 aromatic carbocycles. The highest BCUT2D eigenvalue weighted by atomic mass is 16.1. The molecule has 1 amide bonds. The molecule has 2 N–H and O–H groups in total. The first-order valence-corrected chi connectivity index (χ1v) is 7.98. The molecular formula is C18H28N2O. The lowest BCUT2D eigenvalue weighted by Crippen LogP contribution is -2.24. The van der Waals surface area contributed by atoms with Crippen molar-refractivity contribution in [3.63, 3.8) is 0 Å². The van der Waals surface area contributed by atoms with Gasteiger partial charge in [0.1, 0.15) is 0 Å². The van der Waals surface area contributed by atoms with Gasteiger partial charge in [0, 0.05) is 23.8 Å². The summed E-state index contributed by atoms with van der Waals surface area (Å²) in [4.78, 5) is 11.9. The van der Waals surface area contributed by atoms with Gasteiger partial charge in [0.15, 0.2) is 0 Å². The van der Waals surface area contributed by atoms with E-state index in [2.05, 4.69) is 38.3 Å². The average molecular weight is 288 g/mol. The molecule has 0 aromatic heterocycles. The van der Waals surface area contributed by atoms with E-state index in [0.717, 1.165) is 16.8 Å². The minimum absolute atomic E-state index is 0.00233. The van der Waals surface area contributed by atoms with Crippen LogP contribution >= 0.6 is 0 Å². The van der Waals surface area contributed by atoms with Crippen molar-refractivity contribution >= 4 is 11.6 Å². The van der Waals surface area contributed by atoms with Crippen LogP contribution < -0.4 is 10.6 Å². The fraction of sp³-hybridized carbons (Fsp3) is 0.611. The summed E-state index contributed by atoms with van der Waals surface area (Å²) in [5.74, 6) is 0.685. The molecule has 1 fully saturated rings. The Morgan fingerprint density at radius 2 is 2.05 bits per heavy atom. The standard InChI is InChI=1S/C18H28N2O/c1-6-19-17(21)14-7-8-15(12(2)9-14)20-16-11-18(4,5)10-13(16)3/h7-9,13,16,20H,6,10-11H2,1-5H3,(H,19,21). The minimum atomic E-state index is 0.00233. The van der Waals surface area contributed by atoms with Crippen molar-refractivity contribution in [3.8, 4) is 0 Å². The predicted molar refractivity (Wildman–Crippen MR) is 88.8 cm³/mol. The lowest BCUT2D eigenvalue weighted by molar-refractivity contribution is 0.0956. The lowest BCUT2D eigenvalue weighted by atomic mass is 9.91. The highest BCUT2D eigenvalue weighted by Crippen LogP contribution is 2.42. The molecule has 3 nitrogen and oxygen atoms in total. The highest BCUT2D eigenvalue weighted by Gasteiger charge is 2.36. The van der Waals surface area contributed by atoms with Crippen molar-refractivity contribution in [1.29, 1.82) is 0 Å². The van der Waals surface area contributed by atoms with Crippen LogP contribution in [0.4, 0.5) is 5.69 Å². The molecule has 116 valence electrons. The number of rotatable bonds is 4. The molecule has 1 aliphatic rings. The molecule has 0 heterocycles. The Bertz CT molecular complexity index is 522. The topological polar surface area (TPSA) is 41.1 Å². The molecule has 2 atom stereocenters. The SMILES string of the molecule is CCNC(=O)c1ccc(NC2CC(C)(C)CC2C)c(C)c1. The van der Waals surface area contributed by atoms with Crippen LogP contribution in [0, 0.1) is 18.3 Å². The number of amides is 1. The van der Waals surface area contributed by atoms with Gasteiger partial charge in [-0.1, -0.05) is 20.8 Å². The van der Waals surface area contributed by atoms with Crippen molar-refractivity contribution in [2.75, 3.05) is 11.9 Å². The lowest BCUT2D eigenvalue weighted by Gasteiger charge is -2.21. The summed E-state index contributed by atoms with van der Waals surface area (Å²) in [5.41, 5.74) is 3.44. The van der Waals surface area contributed by atoms with E-state index in [1.807, 2.05) is 25.1 Å². The molecule has 21 heavy (non-hydrogen) atoms. The van der Waals surface area contributed by atoms with Crippen molar-refractivity contribution in [2.24, 2.45) is 11.3 Å². The zero-order valence-corrected chi connectivity index (χ0v) is 13.9. The molecule has 2 rings (SSSR count). The van der Waals surface area contributed by atoms with Crippen LogP contribution in [0.1, 0.15) is 56.5 Å². The number of aryl methyl sites for hydroxylation is 1. The van der Waals surface area contributed by atoms with Crippen LogP contribution in [0.3, 0.4) is 0 Å². The Balaban J connectivity index is 2.10. The summed E-state index contributed by atoms with van der Waals surface area (Å²) in [6, 6.07) is 6.44. The van der Waals surface area contributed by atoms with Gasteiger partial charge in [0.05, 0.1) is 0 Å². The average Bonchev–Trinajstić information content (AvgIpc) is 2.65. The van der Waals surface area contributed by atoms with Crippen LogP contribution in [0.25, 0.3) is 0 Å². The van der Waals surface area contributed by atoms with Gasteiger partial charge >= 0.3 is 0 Å². The molecule has 1 saturated carbocycles. The summed E-state index contributed by atoms with van der Waals surface area (Å²) >= 11 is 0. The van der Waals surface area contributed by atoms with Crippen molar-refractivity contribution < 1.29 is 4.79 Å². The van der Waals surface area contributed by atoms with E-state index in [-0.39, 0.29) is 5.91 Å². The van der Waals surface area contributed by atoms with E-state index in [9.17, 15) is 4.79 Å². The second kappa shape index (κ2) is 6.08. The summed E-state index contributed by atoms with van der Waals surface area (Å²) in [6.07, 6.45) is 2.46. The number of anilines is 1. The highest BCUT2D eigenvalue weighted by molar-refractivity contribution is 5.94. The second-order valence-corrected chi connectivity index (χ2v) is 7.19. The normalized spacial score (nSPS) is 23.9. The van der Waals surface area contributed by atoms with Gasteiger partial charge in [-0.25, -0.2) is 0 Å². The van der Waals surface area contributed by atoms with E-state index in [1.54, 1.807) is 0 Å². The molecule has 0 spiro atoms. The predicted octanol–water partition coefficient (Wildman–Crippen LogP) is 3.98. The summed E-state index contributed by atoms with van der Waals surface area (Å²) in [7, 11) is 0. The Kier molecular flexibility index (Phi) is 4.60. The van der Waals surface area contributed by atoms with Crippen LogP contribution in [0.2, 0.25) is 0 Å². The first-order chi connectivity index (χ1) is 9.82. The van der Waals surface area contributed by atoms with Gasteiger partial charge in [0.2, 0.25) is 0 Å². The van der Waals surface area contributed by atoms with E-state index in [0.29, 0.717) is 23.9 Å². The third-order valence-corrected chi connectivity index (χ3v) is 4.50. The van der Waals surface area contributed by atoms with Gasteiger partial charge < -0.3 is 10.6 Å². The van der Waals surface area contributed by atoms with Gasteiger partial charge in [-0.2, -0.15) is 0 Å². The summed E-state index contributed by atoms with van der Waals surface area (Å²) in [6.45, 7) is 11.7. The van der Waals surface area contributed by atoms with Crippen LogP contribution in [-0.4, -0.2) is 18.5 Å². The van der Waals surface area contributed by atoms with E-state index >= 15 is 0 Å². The first-order valence-electron chi connectivity index (χ1n) is 7.98. The zero-order valence-electron chi connectivity index (χ0n) is 13.9. The largest absolute Gasteiger partial charge is 0.382 e. The fourth-order valence-corrected chi connectivity index (χ4v) is 3.52. The molecule has 0 radical (unpaired) electrons.